The highest BCUT2D eigenvalue weighted by molar-refractivity contribution is 5.74. The van der Waals surface area contributed by atoms with Crippen LogP contribution >= 0.6 is 0 Å². The predicted octanol–water partition coefficient (Wildman–Crippen LogP) is 3.73. The Hall–Kier alpha value is -3.08. The lowest BCUT2D eigenvalue weighted by molar-refractivity contribution is 0.236. The fourth-order valence-corrected chi connectivity index (χ4v) is 3.70. The molecule has 0 saturated carbocycles. The summed E-state index contributed by atoms with van der Waals surface area (Å²) < 4.78 is 2.11. The Balaban J connectivity index is 1.33. The lowest BCUT2D eigenvalue weighted by atomic mass is 10.1. The molecule has 0 spiro atoms. The molecule has 1 atom stereocenters. The molecular formula is C22H24N4O. The van der Waals surface area contributed by atoms with Gasteiger partial charge in [-0.05, 0) is 42.0 Å². The van der Waals surface area contributed by atoms with E-state index >= 15 is 0 Å². The largest absolute Gasteiger partial charge is 0.334 e. The van der Waals surface area contributed by atoms with E-state index in [1.807, 2.05) is 37.5 Å². The third-order valence-electron chi connectivity index (χ3n) is 5.16. The number of carbonyl (C=O) groups excluding carboxylic acids is 1. The highest BCUT2D eigenvalue weighted by Crippen LogP contribution is 2.30. The Morgan fingerprint density at radius 3 is 2.89 bits per heavy atom. The van der Waals surface area contributed by atoms with Crippen molar-refractivity contribution in [3.05, 3.63) is 89.0 Å². The van der Waals surface area contributed by atoms with Gasteiger partial charge in [-0.3, -0.25) is 0 Å². The SMILES string of the molecule is Cc1nccn1Cc1cccc(CNC(=O)NC2CCc3ccccc32)c1. The topological polar surface area (TPSA) is 59.0 Å². The van der Waals surface area contributed by atoms with Gasteiger partial charge in [0, 0.05) is 25.5 Å². The van der Waals surface area contributed by atoms with Gasteiger partial charge in [0.25, 0.3) is 0 Å². The Labute approximate surface area is 159 Å². The molecule has 27 heavy (non-hydrogen) atoms. The molecule has 0 fully saturated rings. The number of fused-ring (bicyclic) bond motifs is 1. The maximum Gasteiger partial charge on any atom is 0.315 e. The van der Waals surface area contributed by atoms with Crippen molar-refractivity contribution in [3.63, 3.8) is 0 Å². The smallest absolute Gasteiger partial charge is 0.315 e. The van der Waals surface area contributed by atoms with Crippen molar-refractivity contribution in [2.75, 3.05) is 0 Å². The Kier molecular flexibility index (Phi) is 4.92. The number of nitrogens with zero attached hydrogens (tertiary/aromatic N) is 2. The van der Waals surface area contributed by atoms with Crippen molar-refractivity contribution in [3.8, 4) is 0 Å². The zero-order valence-electron chi connectivity index (χ0n) is 15.5. The number of benzene rings is 2. The molecule has 2 N–H and O–H groups in total. The molecule has 5 nitrogen and oxygen atoms in total. The van der Waals surface area contributed by atoms with Crippen LogP contribution in [-0.2, 0) is 19.5 Å². The third kappa shape index (κ3) is 4.03. The molecule has 1 aliphatic carbocycles. The number of imidazole rings is 1. The van der Waals surface area contributed by atoms with Crippen LogP contribution in [0.25, 0.3) is 0 Å². The number of urea groups is 1. The van der Waals surface area contributed by atoms with Gasteiger partial charge in [0.15, 0.2) is 0 Å². The minimum atomic E-state index is -0.118. The van der Waals surface area contributed by atoms with Gasteiger partial charge in [-0.2, -0.15) is 0 Å². The molecule has 5 heteroatoms. The van der Waals surface area contributed by atoms with Crippen LogP contribution < -0.4 is 10.6 Å². The van der Waals surface area contributed by atoms with Crippen molar-refractivity contribution >= 4 is 6.03 Å². The zero-order valence-corrected chi connectivity index (χ0v) is 15.5. The Bertz CT molecular complexity index is 947. The van der Waals surface area contributed by atoms with Crippen LogP contribution in [0.1, 0.15) is 40.5 Å². The lowest BCUT2D eigenvalue weighted by Crippen LogP contribution is -2.36. The monoisotopic (exact) mass is 360 g/mol. The van der Waals surface area contributed by atoms with Crippen LogP contribution in [0.3, 0.4) is 0 Å². The number of hydrogen-bond acceptors (Lipinski definition) is 2. The summed E-state index contributed by atoms with van der Waals surface area (Å²) in [4.78, 5) is 16.6. The van der Waals surface area contributed by atoms with Crippen molar-refractivity contribution in [1.82, 2.24) is 20.2 Å². The van der Waals surface area contributed by atoms with Gasteiger partial charge < -0.3 is 15.2 Å². The predicted molar refractivity (Wildman–Crippen MR) is 105 cm³/mol. The van der Waals surface area contributed by atoms with Gasteiger partial charge >= 0.3 is 6.03 Å². The first-order valence-corrected chi connectivity index (χ1v) is 9.37. The number of rotatable bonds is 5. The van der Waals surface area contributed by atoms with E-state index in [1.165, 1.54) is 16.7 Å². The molecule has 3 aromatic rings. The summed E-state index contributed by atoms with van der Waals surface area (Å²) in [6, 6.07) is 16.6. The number of aromatic nitrogens is 2. The van der Waals surface area contributed by atoms with Crippen LogP contribution in [-0.4, -0.2) is 15.6 Å². The second-order valence-electron chi connectivity index (χ2n) is 7.04. The molecule has 2 amide bonds. The summed E-state index contributed by atoms with van der Waals surface area (Å²) in [5.74, 6) is 0.995. The average Bonchev–Trinajstić information content (AvgIpc) is 3.27. The summed E-state index contributed by atoms with van der Waals surface area (Å²) in [5.41, 5.74) is 4.86. The molecule has 0 radical (unpaired) electrons. The van der Waals surface area contributed by atoms with E-state index in [1.54, 1.807) is 0 Å². The molecular weight excluding hydrogens is 336 g/mol. The van der Waals surface area contributed by atoms with Gasteiger partial charge in [0.1, 0.15) is 5.82 Å². The van der Waals surface area contributed by atoms with E-state index in [2.05, 4.69) is 50.5 Å². The van der Waals surface area contributed by atoms with Gasteiger partial charge in [0.05, 0.1) is 6.04 Å². The van der Waals surface area contributed by atoms with E-state index in [-0.39, 0.29) is 12.1 Å². The van der Waals surface area contributed by atoms with Crippen molar-refractivity contribution in [2.45, 2.75) is 38.9 Å². The Morgan fingerprint density at radius 1 is 1.19 bits per heavy atom. The second kappa shape index (κ2) is 7.66. The van der Waals surface area contributed by atoms with Crippen LogP contribution in [0.4, 0.5) is 4.79 Å². The number of nitrogens with one attached hydrogen (secondary N) is 2. The second-order valence-corrected chi connectivity index (χ2v) is 7.04. The van der Waals surface area contributed by atoms with Crippen LogP contribution in [0.2, 0.25) is 0 Å². The maximum atomic E-state index is 12.3. The van der Waals surface area contributed by atoms with Crippen molar-refractivity contribution in [1.29, 1.82) is 0 Å². The number of amides is 2. The average molecular weight is 360 g/mol. The summed E-state index contributed by atoms with van der Waals surface area (Å²) in [5, 5.41) is 6.09. The highest BCUT2D eigenvalue weighted by atomic mass is 16.2. The van der Waals surface area contributed by atoms with Crippen molar-refractivity contribution in [2.24, 2.45) is 0 Å². The number of aryl methyl sites for hydroxylation is 2. The fourth-order valence-electron chi connectivity index (χ4n) is 3.70. The van der Waals surface area contributed by atoms with Crippen LogP contribution in [0.15, 0.2) is 60.9 Å². The van der Waals surface area contributed by atoms with E-state index in [9.17, 15) is 4.79 Å². The molecule has 4 rings (SSSR count). The molecule has 1 aliphatic rings. The summed E-state index contributed by atoms with van der Waals surface area (Å²) in [6.45, 7) is 3.29. The van der Waals surface area contributed by atoms with Crippen LogP contribution in [0.5, 0.6) is 0 Å². The molecule has 138 valence electrons. The molecule has 2 aromatic carbocycles. The minimum Gasteiger partial charge on any atom is -0.334 e. The first-order chi connectivity index (χ1) is 13.2. The summed E-state index contributed by atoms with van der Waals surface area (Å²) >= 11 is 0. The highest BCUT2D eigenvalue weighted by Gasteiger charge is 2.23. The van der Waals surface area contributed by atoms with Crippen molar-refractivity contribution < 1.29 is 4.79 Å². The fraction of sp³-hybridized carbons (Fsp3) is 0.273. The first-order valence-electron chi connectivity index (χ1n) is 9.37. The molecule has 0 aliphatic heterocycles. The summed E-state index contributed by atoms with van der Waals surface area (Å²) in [7, 11) is 0. The number of carbonyl (C=O) groups is 1. The third-order valence-corrected chi connectivity index (χ3v) is 5.16. The molecule has 0 saturated heterocycles. The van der Waals surface area contributed by atoms with Gasteiger partial charge in [-0.15, -0.1) is 0 Å². The Morgan fingerprint density at radius 2 is 2.04 bits per heavy atom. The molecule has 0 bridgehead atoms. The molecule has 1 unspecified atom stereocenters. The minimum absolute atomic E-state index is 0.108. The lowest BCUT2D eigenvalue weighted by Gasteiger charge is -2.15. The molecule has 1 heterocycles. The molecule has 1 aromatic heterocycles. The van der Waals surface area contributed by atoms with Gasteiger partial charge in [-0.1, -0.05) is 48.5 Å². The zero-order chi connectivity index (χ0) is 18.6. The van der Waals surface area contributed by atoms with E-state index in [4.69, 9.17) is 0 Å². The normalized spacial score (nSPS) is 15.4. The first kappa shape index (κ1) is 17.3. The van der Waals surface area contributed by atoms with Gasteiger partial charge in [-0.25, -0.2) is 9.78 Å². The maximum absolute atomic E-state index is 12.3. The summed E-state index contributed by atoms with van der Waals surface area (Å²) in [6.07, 6.45) is 5.78. The number of hydrogen-bond donors (Lipinski definition) is 2. The van der Waals surface area contributed by atoms with Crippen LogP contribution in [0, 0.1) is 6.92 Å². The standard InChI is InChI=1S/C22H24N4O/c1-16-23-11-12-26(16)15-18-6-4-5-17(13-18)14-24-22(27)25-21-10-9-19-7-2-3-8-20(19)21/h2-8,11-13,21H,9-10,14-15H2,1H3,(H2,24,25,27). The van der Waals surface area contributed by atoms with E-state index in [0.717, 1.165) is 30.8 Å². The van der Waals surface area contributed by atoms with Gasteiger partial charge in [0.2, 0.25) is 0 Å². The quantitative estimate of drug-likeness (QED) is 0.728. The van der Waals surface area contributed by atoms with E-state index < -0.39 is 0 Å². The van der Waals surface area contributed by atoms with E-state index in [0.29, 0.717) is 6.54 Å².